The monoisotopic (exact) mass is 462 g/mol. The number of nitrogens with one attached hydrogen (secondary N) is 2. The molecule has 2 N–H and O–H groups in total. The van der Waals surface area contributed by atoms with Gasteiger partial charge in [-0.15, -0.1) is 24.0 Å². The van der Waals surface area contributed by atoms with Crippen LogP contribution in [-0.2, 0) is 0 Å². The molecular formula is C18H31IN4S. The lowest BCUT2D eigenvalue weighted by molar-refractivity contribution is 0.611. The number of halogens is 1. The summed E-state index contributed by atoms with van der Waals surface area (Å²) in [5, 5.41) is 7.81. The van der Waals surface area contributed by atoms with Crippen molar-refractivity contribution in [2.75, 3.05) is 38.3 Å². The van der Waals surface area contributed by atoms with Gasteiger partial charge in [-0.1, -0.05) is 18.2 Å². The first-order valence-electron chi connectivity index (χ1n) is 8.49. The molecule has 0 bridgehead atoms. The Morgan fingerprint density at radius 3 is 2.67 bits per heavy atom. The van der Waals surface area contributed by atoms with E-state index in [-0.39, 0.29) is 24.0 Å². The summed E-state index contributed by atoms with van der Waals surface area (Å²) < 4.78 is 0. The maximum Gasteiger partial charge on any atom is 0.191 e. The summed E-state index contributed by atoms with van der Waals surface area (Å²) in [6.07, 6.45) is 7.12. The highest BCUT2D eigenvalue weighted by Gasteiger charge is 2.24. The molecule has 1 fully saturated rings. The van der Waals surface area contributed by atoms with E-state index in [4.69, 9.17) is 0 Å². The van der Waals surface area contributed by atoms with Gasteiger partial charge < -0.3 is 15.5 Å². The molecule has 1 aromatic carbocycles. The minimum absolute atomic E-state index is 0. The minimum Gasteiger partial charge on any atom is -0.375 e. The number of para-hydroxylation sites is 1. The van der Waals surface area contributed by atoms with Crippen LogP contribution in [0.2, 0.25) is 0 Å². The molecule has 0 spiro atoms. The molecule has 2 unspecified atom stereocenters. The molecule has 0 amide bonds. The second kappa shape index (κ2) is 11.8. The van der Waals surface area contributed by atoms with E-state index in [2.05, 4.69) is 64.2 Å². The predicted molar refractivity (Wildman–Crippen MR) is 119 cm³/mol. The van der Waals surface area contributed by atoms with Crippen LogP contribution in [0.1, 0.15) is 25.7 Å². The molecule has 0 saturated heterocycles. The highest BCUT2D eigenvalue weighted by molar-refractivity contribution is 14.0. The van der Waals surface area contributed by atoms with Crippen LogP contribution < -0.4 is 15.5 Å². The van der Waals surface area contributed by atoms with E-state index in [1.165, 1.54) is 24.9 Å². The third kappa shape index (κ3) is 7.09. The number of benzene rings is 1. The molecule has 0 aliphatic heterocycles. The van der Waals surface area contributed by atoms with Crippen molar-refractivity contribution < 1.29 is 0 Å². The first-order valence-corrected chi connectivity index (χ1v) is 9.78. The van der Waals surface area contributed by atoms with Gasteiger partial charge in [0.05, 0.1) is 0 Å². The van der Waals surface area contributed by atoms with Gasteiger partial charge in [-0.3, -0.25) is 4.99 Å². The predicted octanol–water partition coefficient (Wildman–Crippen LogP) is 3.58. The van der Waals surface area contributed by atoms with Crippen molar-refractivity contribution in [2.45, 2.75) is 37.0 Å². The third-order valence-electron chi connectivity index (χ3n) is 4.44. The highest BCUT2D eigenvalue weighted by Crippen LogP contribution is 2.27. The number of hydrogen-bond acceptors (Lipinski definition) is 3. The van der Waals surface area contributed by atoms with E-state index in [0.717, 1.165) is 30.7 Å². The largest absolute Gasteiger partial charge is 0.375 e. The molecule has 136 valence electrons. The van der Waals surface area contributed by atoms with Gasteiger partial charge in [0.2, 0.25) is 0 Å². The van der Waals surface area contributed by atoms with Crippen LogP contribution in [-0.4, -0.2) is 50.7 Å². The van der Waals surface area contributed by atoms with E-state index in [1.54, 1.807) is 0 Å². The number of aliphatic imine (C=N–C) groups is 1. The van der Waals surface area contributed by atoms with Crippen LogP contribution >= 0.6 is 35.7 Å². The average molecular weight is 462 g/mol. The third-order valence-corrected chi connectivity index (χ3v) is 5.54. The molecule has 1 saturated carbocycles. The molecule has 1 aliphatic rings. The van der Waals surface area contributed by atoms with Crippen LogP contribution in [0.5, 0.6) is 0 Å². The van der Waals surface area contributed by atoms with Gasteiger partial charge in [-0.25, -0.2) is 0 Å². The lowest BCUT2D eigenvalue weighted by Gasteiger charge is -2.20. The van der Waals surface area contributed by atoms with Gasteiger partial charge in [0.15, 0.2) is 5.96 Å². The maximum absolute atomic E-state index is 4.35. The Balaban J connectivity index is 0.00000288. The molecule has 0 aromatic heterocycles. The van der Waals surface area contributed by atoms with Crippen molar-refractivity contribution in [1.29, 1.82) is 0 Å². The van der Waals surface area contributed by atoms with Gasteiger partial charge in [-0.05, 0) is 44.1 Å². The molecule has 0 heterocycles. The summed E-state index contributed by atoms with van der Waals surface area (Å²) in [7, 11) is 4.00. The van der Waals surface area contributed by atoms with Gasteiger partial charge in [0.25, 0.3) is 0 Å². The number of rotatable bonds is 7. The molecule has 2 atom stereocenters. The first kappa shape index (κ1) is 21.4. The zero-order chi connectivity index (χ0) is 16.5. The van der Waals surface area contributed by atoms with Gasteiger partial charge >= 0.3 is 0 Å². The molecular weight excluding hydrogens is 431 g/mol. The van der Waals surface area contributed by atoms with E-state index >= 15 is 0 Å². The Morgan fingerprint density at radius 2 is 2.04 bits per heavy atom. The van der Waals surface area contributed by atoms with Crippen molar-refractivity contribution in [3.8, 4) is 0 Å². The van der Waals surface area contributed by atoms with Crippen molar-refractivity contribution in [2.24, 2.45) is 4.99 Å². The summed E-state index contributed by atoms with van der Waals surface area (Å²) in [6.45, 7) is 1.97. The zero-order valence-electron chi connectivity index (χ0n) is 15.0. The summed E-state index contributed by atoms with van der Waals surface area (Å²) >= 11 is 1.99. The lowest BCUT2D eigenvalue weighted by atomic mass is 10.2. The molecule has 6 heteroatoms. The van der Waals surface area contributed by atoms with E-state index in [9.17, 15) is 0 Å². The van der Waals surface area contributed by atoms with E-state index in [0.29, 0.717) is 6.04 Å². The molecule has 4 nitrogen and oxygen atoms in total. The Morgan fingerprint density at radius 1 is 1.29 bits per heavy atom. The van der Waals surface area contributed by atoms with Gasteiger partial charge in [-0.2, -0.15) is 11.8 Å². The molecule has 24 heavy (non-hydrogen) atoms. The van der Waals surface area contributed by atoms with Crippen molar-refractivity contribution in [1.82, 2.24) is 10.6 Å². The fourth-order valence-electron chi connectivity index (χ4n) is 3.01. The standard InChI is InChI=1S/C18H30N4S.HI/c1-19-18(21-15-10-11-17(14-15)23-3)20-12-7-13-22(2)16-8-5-4-6-9-16;/h4-6,8-9,15,17H,7,10-14H2,1-3H3,(H2,19,20,21);1H. The molecule has 1 aliphatic carbocycles. The number of anilines is 1. The molecule has 0 radical (unpaired) electrons. The van der Waals surface area contributed by atoms with Crippen LogP contribution in [0.15, 0.2) is 35.3 Å². The van der Waals surface area contributed by atoms with Crippen molar-refractivity contribution in [3.05, 3.63) is 30.3 Å². The number of hydrogen-bond donors (Lipinski definition) is 2. The van der Waals surface area contributed by atoms with Crippen molar-refractivity contribution >= 4 is 47.4 Å². The van der Waals surface area contributed by atoms with Gasteiger partial charge in [0, 0.05) is 44.2 Å². The quantitative estimate of drug-likeness (QED) is 0.281. The lowest BCUT2D eigenvalue weighted by Crippen LogP contribution is -2.43. The van der Waals surface area contributed by atoms with Crippen LogP contribution in [0.25, 0.3) is 0 Å². The van der Waals surface area contributed by atoms with Crippen LogP contribution in [0.3, 0.4) is 0 Å². The molecule has 2 rings (SSSR count). The van der Waals surface area contributed by atoms with Crippen LogP contribution in [0.4, 0.5) is 5.69 Å². The van der Waals surface area contributed by atoms with E-state index < -0.39 is 0 Å². The topological polar surface area (TPSA) is 39.7 Å². The molecule has 1 aromatic rings. The number of guanidine groups is 1. The van der Waals surface area contributed by atoms with Crippen molar-refractivity contribution in [3.63, 3.8) is 0 Å². The second-order valence-corrected chi connectivity index (χ2v) is 7.26. The first-order chi connectivity index (χ1) is 11.2. The Hall–Kier alpha value is -0.630. The summed E-state index contributed by atoms with van der Waals surface area (Å²) in [5.74, 6) is 0.944. The minimum atomic E-state index is 0. The SMILES string of the molecule is CN=C(NCCCN(C)c1ccccc1)NC1CCC(SC)C1.I. The van der Waals surface area contributed by atoms with E-state index in [1.807, 2.05) is 18.8 Å². The summed E-state index contributed by atoms with van der Waals surface area (Å²) in [6, 6.07) is 11.1. The normalized spacial score (nSPS) is 20.4. The number of thioether (sulfide) groups is 1. The highest BCUT2D eigenvalue weighted by atomic mass is 127. The fraction of sp³-hybridized carbons (Fsp3) is 0.611. The fourth-order valence-corrected chi connectivity index (χ4v) is 3.80. The average Bonchev–Trinajstić information content (AvgIpc) is 3.05. The van der Waals surface area contributed by atoms with Gasteiger partial charge in [0.1, 0.15) is 0 Å². The Labute approximate surface area is 168 Å². The smallest absolute Gasteiger partial charge is 0.191 e. The Kier molecular flexibility index (Phi) is 10.6. The summed E-state index contributed by atoms with van der Waals surface area (Å²) in [5.41, 5.74) is 1.27. The van der Waals surface area contributed by atoms with Crippen LogP contribution in [0, 0.1) is 0 Å². The second-order valence-electron chi connectivity index (χ2n) is 6.12. The number of nitrogens with zero attached hydrogens (tertiary/aromatic N) is 2. The summed E-state index contributed by atoms with van der Waals surface area (Å²) in [4.78, 5) is 6.64. The zero-order valence-corrected chi connectivity index (χ0v) is 18.1. The maximum atomic E-state index is 4.35. The Bertz CT molecular complexity index is 483.